The Kier molecular flexibility index (Phi) is 6.03. The van der Waals surface area contributed by atoms with Gasteiger partial charge in [-0.15, -0.1) is 0 Å². The molecule has 6 heteroatoms. The van der Waals surface area contributed by atoms with Gasteiger partial charge in [0.2, 0.25) is 0 Å². The van der Waals surface area contributed by atoms with Gasteiger partial charge in [-0.1, -0.05) is 0 Å². The highest BCUT2D eigenvalue weighted by Gasteiger charge is 2.19. The van der Waals surface area contributed by atoms with Crippen molar-refractivity contribution in [1.29, 1.82) is 0 Å². The lowest BCUT2D eigenvalue weighted by atomic mass is 10.1. The first-order chi connectivity index (χ1) is 10.6. The Hall–Kier alpha value is -1.79. The Bertz CT molecular complexity index is 499. The van der Waals surface area contributed by atoms with Gasteiger partial charge in [-0.25, -0.2) is 0 Å². The number of amides is 1. The number of benzene rings is 1. The largest absolute Gasteiger partial charge is 0.493 e. The summed E-state index contributed by atoms with van der Waals surface area (Å²) in [6, 6.07) is 5.37. The van der Waals surface area contributed by atoms with Crippen LogP contribution in [0.15, 0.2) is 18.2 Å². The van der Waals surface area contributed by atoms with E-state index in [4.69, 9.17) is 9.47 Å². The molecule has 0 radical (unpaired) electrons. The lowest BCUT2D eigenvalue weighted by Gasteiger charge is -2.27. The number of nitrogens with zero attached hydrogens (tertiary/aromatic N) is 2. The fourth-order valence-corrected chi connectivity index (χ4v) is 2.31. The molecule has 122 valence electrons. The van der Waals surface area contributed by atoms with E-state index in [-0.39, 0.29) is 5.91 Å². The number of nitrogens with one attached hydrogen (secondary N) is 1. The Labute approximate surface area is 132 Å². The lowest BCUT2D eigenvalue weighted by molar-refractivity contribution is 0.0735. The molecule has 0 saturated carbocycles. The van der Waals surface area contributed by atoms with E-state index in [0.717, 1.165) is 32.7 Å². The predicted octanol–water partition coefficient (Wildman–Crippen LogP) is 0.681. The first kappa shape index (κ1) is 16.6. The fraction of sp³-hybridized carbons (Fsp3) is 0.562. The van der Waals surface area contributed by atoms with E-state index in [1.54, 1.807) is 19.2 Å². The number of likely N-dealkylation sites (N-methyl/N-ethyl adjacent to an activating group) is 1. The molecule has 6 nitrogen and oxygen atoms in total. The molecule has 1 saturated heterocycles. The Morgan fingerprint density at radius 2 is 2.00 bits per heavy atom. The van der Waals surface area contributed by atoms with Crippen molar-refractivity contribution >= 4 is 5.91 Å². The molecule has 0 spiro atoms. The van der Waals surface area contributed by atoms with Gasteiger partial charge in [0.25, 0.3) is 5.91 Å². The van der Waals surface area contributed by atoms with E-state index in [1.165, 1.54) is 0 Å². The van der Waals surface area contributed by atoms with Gasteiger partial charge in [0.05, 0.1) is 7.11 Å². The number of rotatable bonds is 6. The number of carbonyl (C=O) groups is 1. The molecule has 0 bridgehead atoms. The molecular weight excluding hydrogens is 282 g/mol. The van der Waals surface area contributed by atoms with Crippen LogP contribution >= 0.6 is 0 Å². The van der Waals surface area contributed by atoms with E-state index in [9.17, 15) is 4.79 Å². The van der Waals surface area contributed by atoms with Crippen LogP contribution in [0.25, 0.3) is 0 Å². The van der Waals surface area contributed by atoms with Gasteiger partial charge in [0, 0.05) is 38.3 Å². The van der Waals surface area contributed by atoms with Crippen LogP contribution in [0.5, 0.6) is 11.5 Å². The molecule has 0 unspecified atom stereocenters. The standard InChI is InChI=1S/C16H25N3O3/c1-18(2)10-11-22-14-5-4-13(12-15(14)21-3)16(20)19-8-6-17-7-9-19/h4-5,12,17H,6-11H2,1-3H3. The topological polar surface area (TPSA) is 54.0 Å². The van der Waals surface area contributed by atoms with E-state index in [1.807, 2.05) is 25.1 Å². The van der Waals surface area contributed by atoms with Gasteiger partial charge < -0.3 is 24.6 Å². The molecule has 1 heterocycles. The van der Waals surface area contributed by atoms with Crippen molar-refractivity contribution < 1.29 is 14.3 Å². The summed E-state index contributed by atoms with van der Waals surface area (Å²) in [5, 5.41) is 3.24. The number of piperazine rings is 1. The van der Waals surface area contributed by atoms with Crippen LogP contribution in [0.3, 0.4) is 0 Å². The van der Waals surface area contributed by atoms with Gasteiger partial charge in [0.1, 0.15) is 6.61 Å². The van der Waals surface area contributed by atoms with E-state index < -0.39 is 0 Å². The summed E-state index contributed by atoms with van der Waals surface area (Å²) in [7, 11) is 5.58. The third-order valence-electron chi connectivity index (χ3n) is 3.61. The van der Waals surface area contributed by atoms with Crippen LogP contribution < -0.4 is 14.8 Å². The molecule has 22 heavy (non-hydrogen) atoms. The molecule has 1 aromatic rings. The summed E-state index contributed by atoms with van der Waals surface area (Å²) in [4.78, 5) is 16.4. The Morgan fingerprint density at radius 1 is 1.27 bits per heavy atom. The number of methoxy groups -OCH3 is 1. The first-order valence-corrected chi connectivity index (χ1v) is 7.57. The van der Waals surface area contributed by atoms with Crippen molar-refractivity contribution in [1.82, 2.24) is 15.1 Å². The molecule has 1 aliphatic rings. The molecule has 1 aromatic carbocycles. The summed E-state index contributed by atoms with van der Waals surface area (Å²) < 4.78 is 11.1. The average molecular weight is 307 g/mol. The molecule has 0 aromatic heterocycles. The summed E-state index contributed by atoms with van der Waals surface area (Å²) in [5.74, 6) is 1.31. The van der Waals surface area contributed by atoms with Crippen molar-refractivity contribution in [3.05, 3.63) is 23.8 Å². The second-order valence-electron chi connectivity index (χ2n) is 5.56. The minimum atomic E-state index is 0.0413. The maximum atomic E-state index is 12.5. The van der Waals surface area contributed by atoms with Crippen LogP contribution in [0.2, 0.25) is 0 Å². The van der Waals surface area contributed by atoms with Gasteiger partial charge in [-0.2, -0.15) is 0 Å². The minimum absolute atomic E-state index is 0.0413. The molecule has 1 aliphatic heterocycles. The highest BCUT2D eigenvalue weighted by molar-refractivity contribution is 5.95. The van der Waals surface area contributed by atoms with Crippen molar-refractivity contribution in [2.24, 2.45) is 0 Å². The number of hydrogen-bond donors (Lipinski definition) is 1. The average Bonchev–Trinajstić information content (AvgIpc) is 2.55. The third-order valence-corrected chi connectivity index (χ3v) is 3.61. The highest BCUT2D eigenvalue weighted by atomic mass is 16.5. The zero-order chi connectivity index (χ0) is 15.9. The smallest absolute Gasteiger partial charge is 0.254 e. The van der Waals surface area contributed by atoms with Crippen LogP contribution in [0, 0.1) is 0 Å². The highest BCUT2D eigenvalue weighted by Crippen LogP contribution is 2.28. The van der Waals surface area contributed by atoms with E-state index in [0.29, 0.717) is 23.7 Å². The quantitative estimate of drug-likeness (QED) is 0.838. The number of carbonyl (C=O) groups excluding carboxylic acids is 1. The molecule has 0 atom stereocenters. The van der Waals surface area contributed by atoms with Crippen molar-refractivity contribution in [2.45, 2.75) is 0 Å². The molecular formula is C16H25N3O3. The summed E-state index contributed by atoms with van der Waals surface area (Å²) >= 11 is 0. The van der Waals surface area contributed by atoms with Crippen LogP contribution in [-0.4, -0.2) is 76.2 Å². The maximum absolute atomic E-state index is 12.5. The Balaban J connectivity index is 2.05. The van der Waals surface area contributed by atoms with Crippen molar-refractivity contribution in [3.8, 4) is 11.5 Å². The van der Waals surface area contributed by atoms with Crippen LogP contribution in [-0.2, 0) is 0 Å². The molecule has 1 N–H and O–H groups in total. The zero-order valence-electron chi connectivity index (χ0n) is 13.6. The van der Waals surface area contributed by atoms with Crippen molar-refractivity contribution in [2.75, 3.05) is 60.5 Å². The Morgan fingerprint density at radius 3 is 2.64 bits per heavy atom. The molecule has 1 fully saturated rings. The van der Waals surface area contributed by atoms with Gasteiger partial charge in [-0.3, -0.25) is 4.79 Å². The number of ether oxygens (including phenoxy) is 2. The van der Waals surface area contributed by atoms with Gasteiger partial charge >= 0.3 is 0 Å². The molecule has 0 aliphatic carbocycles. The lowest BCUT2D eigenvalue weighted by Crippen LogP contribution is -2.46. The van der Waals surface area contributed by atoms with E-state index >= 15 is 0 Å². The third kappa shape index (κ3) is 4.35. The predicted molar refractivity (Wildman–Crippen MR) is 85.8 cm³/mol. The summed E-state index contributed by atoms with van der Waals surface area (Å²) in [6.45, 7) is 4.56. The van der Waals surface area contributed by atoms with Crippen LogP contribution in [0.4, 0.5) is 0 Å². The molecule has 2 rings (SSSR count). The minimum Gasteiger partial charge on any atom is -0.493 e. The van der Waals surface area contributed by atoms with Gasteiger partial charge in [-0.05, 0) is 32.3 Å². The monoisotopic (exact) mass is 307 g/mol. The fourth-order valence-electron chi connectivity index (χ4n) is 2.31. The van der Waals surface area contributed by atoms with Gasteiger partial charge in [0.15, 0.2) is 11.5 Å². The first-order valence-electron chi connectivity index (χ1n) is 7.57. The normalized spacial score (nSPS) is 15.0. The molecule has 1 amide bonds. The second-order valence-corrected chi connectivity index (χ2v) is 5.56. The summed E-state index contributed by atoms with van der Waals surface area (Å²) in [6.07, 6.45) is 0. The van der Waals surface area contributed by atoms with E-state index in [2.05, 4.69) is 10.2 Å². The van der Waals surface area contributed by atoms with Crippen molar-refractivity contribution in [3.63, 3.8) is 0 Å². The van der Waals surface area contributed by atoms with Crippen LogP contribution in [0.1, 0.15) is 10.4 Å². The second kappa shape index (κ2) is 8.00. The maximum Gasteiger partial charge on any atom is 0.254 e. The zero-order valence-corrected chi connectivity index (χ0v) is 13.6. The number of hydrogen-bond acceptors (Lipinski definition) is 5. The SMILES string of the molecule is COc1cc(C(=O)N2CCNCC2)ccc1OCCN(C)C. The summed E-state index contributed by atoms with van der Waals surface area (Å²) in [5.41, 5.74) is 0.638.